The molecular formula is C29H48F2O3. The Labute approximate surface area is 205 Å². The van der Waals surface area contributed by atoms with Crippen LogP contribution in [0.1, 0.15) is 117 Å². The number of rotatable bonds is 6. The van der Waals surface area contributed by atoms with E-state index in [2.05, 4.69) is 18.6 Å². The van der Waals surface area contributed by atoms with Crippen LogP contribution in [0.5, 0.6) is 0 Å². The van der Waals surface area contributed by atoms with Gasteiger partial charge in [0, 0.05) is 0 Å². The minimum Gasteiger partial charge on any atom is -0.393 e. The van der Waals surface area contributed by atoms with Crippen LogP contribution in [0.4, 0.5) is 8.78 Å². The lowest BCUT2D eigenvalue weighted by atomic mass is 9.44. The Kier molecular flexibility index (Phi) is 7.14. The van der Waals surface area contributed by atoms with Crippen LogP contribution in [-0.4, -0.2) is 34.6 Å². The number of fused-ring (bicyclic) bond motifs is 5. The van der Waals surface area contributed by atoms with E-state index in [4.69, 9.17) is 0 Å². The Balaban J connectivity index is 1.15. The molecule has 0 aliphatic heterocycles. The lowest BCUT2D eigenvalue weighted by Crippen LogP contribution is -2.53. The van der Waals surface area contributed by atoms with Gasteiger partial charge >= 0.3 is 6.61 Å². The third-order valence-corrected chi connectivity index (χ3v) is 12.2. The average Bonchev–Trinajstić information content (AvgIpc) is 3.12. The van der Waals surface area contributed by atoms with Gasteiger partial charge in [0.15, 0.2) is 0 Å². The van der Waals surface area contributed by atoms with Crippen molar-refractivity contribution in [3.8, 4) is 0 Å². The van der Waals surface area contributed by atoms with Crippen molar-refractivity contribution >= 4 is 0 Å². The zero-order valence-corrected chi connectivity index (χ0v) is 21.5. The highest BCUT2D eigenvalue weighted by Crippen LogP contribution is 2.68. The van der Waals surface area contributed by atoms with E-state index in [1.165, 1.54) is 51.4 Å². The molecule has 0 aromatic heterocycles. The summed E-state index contributed by atoms with van der Waals surface area (Å²) in [5, 5.41) is 21.3. The van der Waals surface area contributed by atoms with Gasteiger partial charge < -0.3 is 14.9 Å². The third kappa shape index (κ3) is 4.60. The Hall–Kier alpha value is -0.260. The Bertz CT molecular complexity index is 707. The maximum absolute atomic E-state index is 12.5. The molecule has 0 radical (unpaired) electrons. The molecule has 196 valence electrons. The smallest absolute Gasteiger partial charge is 0.345 e. The highest BCUT2D eigenvalue weighted by Gasteiger charge is 2.59. The molecule has 0 amide bonds. The minimum absolute atomic E-state index is 0.0685. The summed E-state index contributed by atoms with van der Waals surface area (Å²) in [4.78, 5) is 0. The Morgan fingerprint density at radius 1 is 0.853 bits per heavy atom. The van der Waals surface area contributed by atoms with Crippen LogP contribution in [-0.2, 0) is 4.74 Å². The Morgan fingerprint density at radius 3 is 2.29 bits per heavy atom. The summed E-state index contributed by atoms with van der Waals surface area (Å²) < 4.78 is 29.6. The summed E-state index contributed by atoms with van der Waals surface area (Å²) >= 11 is 0. The molecule has 0 aromatic carbocycles. The molecule has 5 aliphatic carbocycles. The van der Waals surface area contributed by atoms with Crippen molar-refractivity contribution in [1.82, 2.24) is 0 Å². The van der Waals surface area contributed by atoms with Crippen molar-refractivity contribution < 1.29 is 23.7 Å². The summed E-state index contributed by atoms with van der Waals surface area (Å²) in [7, 11) is 0. The lowest BCUT2D eigenvalue weighted by Gasteiger charge is -2.61. The second kappa shape index (κ2) is 9.56. The average molecular weight is 483 g/mol. The minimum atomic E-state index is -2.70. The molecule has 3 nitrogen and oxygen atoms in total. The van der Waals surface area contributed by atoms with E-state index in [1.54, 1.807) is 0 Å². The van der Waals surface area contributed by atoms with E-state index in [9.17, 15) is 19.0 Å². The molecule has 0 spiro atoms. The second-order valence-corrected chi connectivity index (χ2v) is 13.6. The number of halogens is 2. The standard InChI is InChI=1S/C29H48F2O3/c1-27-15-12-25-23(7-5-20-18-21(32)9-14-28(20,25)2)24(27)8-6-19(27)4-3-13-29(33)16-10-22(11-17-29)34-26(30)31/h19-26,32-33H,3-18H2,1-2H3. The van der Waals surface area contributed by atoms with Crippen LogP contribution in [0.25, 0.3) is 0 Å². The van der Waals surface area contributed by atoms with E-state index in [1.807, 2.05) is 0 Å². The first-order valence-electron chi connectivity index (χ1n) is 14.5. The molecule has 5 rings (SSSR count). The molecule has 8 atom stereocenters. The molecule has 5 heteroatoms. The van der Waals surface area contributed by atoms with Gasteiger partial charge in [0.05, 0.1) is 17.8 Å². The molecule has 0 saturated heterocycles. The number of hydrogen-bond acceptors (Lipinski definition) is 3. The van der Waals surface area contributed by atoms with Crippen molar-refractivity contribution in [2.75, 3.05) is 0 Å². The SMILES string of the molecule is CC12CCC3C(CCC4CC(O)CCC43C)C1CCC2CCCC1(O)CCC(OC(F)F)CC1. The normalized spacial score (nSPS) is 51.1. The van der Waals surface area contributed by atoms with Crippen LogP contribution < -0.4 is 0 Å². The van der Waals surface area contributed by atoms with Crippen LogP contribution in [0.15, 0.2) is 0 Å². The molecule has 5 fully saturated rings. The molecule has 0 aromatic rings. The number of aliphatic hydroxyl groups excluding tert-OH is 1. The summed E-state index contributed by atoms with van der Waals surface area (Å²) in [5.41, 5.74) is 0.207. The fourth-order valence-electron chi connectivity index (χ4n) is 10.2. The van der Waals surface area contributed by atoms with E-state index in [0.29, 0.717) is 36.5 Å². The summed E-state index contributed by atoms with van der Waals surface area (Å²) in [6.07, 6.45) is 16.2. The van der Waals surface area contributed by atoms with Crippen molar-refractivity contribution in [2.24, 2.45) is 40.4 Å². The zero-order valence-electron chi connectivity index (χ0n) is 21.5. The number of ether oxygens (including phenoxy) is 1. The van der Waals surface area contributed by atoms with Crippen molar-refractivity contribution in [3.63, 3.8) is 0 Å². The van der Waals surface area contributed by atoms with Crippen LogP contribution in [0.2, 0.25) is 0 Å². The quantitative estimate of drug-likeness (QED) is 0.425. The number of aliphatic hydroxyl groups is 2. The first-order valence-corrected chi connectivity index (χ1v) is 14.5. The zero-order chi connectivity index (χ0) is 24.1. The van der Waals surface area contributed by atoms with Gasteiger partial charge in [-0.1, -0.05) is 20.3 Å². The molecule has 5 aliphatic rings. The van der Waals surface area contributed by atoms with Crippen molar-refractivity contribution in [2.45, 2.75) is 141 Å². The third-order valence-electron chi connectivity index (χ3n) is 12.2. The van der Waals surface area contributed by atoms with Crippen LogP contribution in [0, 0.1) is 40.4 Å². The van der Waals surface area contributed by atoms with Crippen molar-refractivity contribution in [1.29, 1.82) is 0 Å². The van der Waals surface area contributed by atoms with Crippen LogP contribution >= 0.6 is 0 Å². The van der Waals surface area contributed by atoms with Gasteiger partial charge in [-0.3, -0.25) is 0 Å². The van der Waals surface area contributed by atoms with Crippen LogP contribution in [0.3, 0.4) is 0 Å². The highest BCUT2D eigenvalue weighted by atomic mass is 19.3. The van der Waals surface area contributed by atoms with Gasteiger partial charge in [0.25, 0.3) is 0 Å². The molecule has 0 heterocycles. The fourth-order valence-corrected chi connectivity index (χ4v) is 10.2. The molecular weight excluding hydrogens is 434 g/mol. The lowest BCUT2D eigenvalue weighted by molar-refractivity contribution is -0.181. The highest BCUT2D eigenvalue weighted by molar-refractivity contribution is 5.09. The van der Waals surface area contributed by atoms with Gasteiger partial charge in [-0.05, 0) is 137 Å². The van der Waals surface area contributed by atoms with Crippen molar-refractivity contribution in [3.05, 3.63) is 0 Å². The maximum Gasteiger partial charge on any atom is 0.345 e. The van der Waals surface area contributed by atoms with Gasteiger partial charge in [0.1, 0.15) is 0 Å². The van der Waals surface area contributed by atoms with E-state index >= 15 is 0 Å². The molecule has 5 saturated carbocycles. The molecule has 2 N–H and O–H groups in total. The van der Waals surface area contributed by atoms with E-state index in [-0.39, 0.29) is 6.10 Å². The Morgan fingerprint density at radius 2 is 1.56 bits per heavy atom. The maximum atomic E-state index is 12.5. The van der Waals surface area contributed by atoms with E-state index in [0.717, 1.165) is 55.3 Å². The number of hydrogen-bond donors (Lipinski definition) is 2. The topological polar surface area (TPSA) is 49.7 Å². The first-order chi connectivity index (χ1) is 16.1. The van der Waals surface area contributed by atoms with Gasteiger partial charge in [0.2, 0.25) is 0 Å². The summed E-state index contributed by atoms with van der Waals surface area (Å²) in [6.45, 7) is 2.45. The largest absolute Gasteiger partial charge is 0.393 e. The predicted molar refractivity (Wildman–Crippen MR) is 129 cm³/mol. The second-order valence-electron chi connectivity index (χ2n) is 13.6. The summed E-state index contributed by atoms with van der Waals surface area (Å²) in [6, 6.07) is 0. The number of alkyl halides is 2. The van der Waals surface area contributed by atoms with Gasteiger partial charge in [-0.2, -0.15) is 8.78 Å². The fraction of sp³-hybridized carbons (Fsp3) is 1.00. The predicted octanol–water partition coefficient (Wildman–Crippen LogP) is 7.09. The molecule has 0 bridgehead atoms. The van der Waals surface area contributed by atoms with Gasteiger partial charge in [-0.25, -0.2) is 0 Å². The monoisotopic (exact) mass is 482 g/mol. The van der Waals surface area contributed by atoms with E-state index < -0.39 is 18.3 Å². The molecule has 34 heavy (non-hydrogen) atoms. The molecule has 8 unspecified atom stereocenters. The van der Waals surface area contributed by atoms with Gasteiger partial charge in [-0.15, -0.1) is 0 Å². The first kappa shape index (κ1) is 25.4. The summed E-state index contributed by atoms with van der Waals surface area (Å²) in [5.74, 6) is 4.06.